The number of hydrogen-bond acceptors (Lipinski definition) is 4. The third-order valence-electron chi connectivity index (χ3n) is 5.06. The molecule has 0 unspecified atom stereocenters. The molecule has 2 aliphatic rings. The number of anilines is 1. The SMILES string of the molecule is O=C(Nc1nnc2n1CCCC2)c1ccc(OC2CCCCC2)cc1. The summed E-state index contributed by atoms with van der Waals surface area (Å²) in [5.41, 5.74) is 0.601. The lowest BCUT2D eigenvalue weighted by Crippen LogP contribution is -2.20. The van der Waals surface area contributed by atoms with Crippen molar-refractivity contribution in [3.05, 3.63) is 35.7 Å². The first-order chi connectivity index (χ1) is 12.3. The molecule has 132 valence electrons. The van der Waals surface area contributed by atoms with Crippen LogP contribution in [0.5, 0.6) is 5.75 Å². The number of rotatable bonds is 4. The van der Waals surface area contributed by atoms with Crippen LogP contribution in [0, 0.1) is 0 Å². The molecule has 1 aromatic heterocycles. The number of nitrogens with zero attached hydrogens (tertiary/aromatic N) is 3. The Morgan fingerprint density at radius 2 is 1.84 bits per heavy atom. The van der Waals surface area contributed by atoms with Crippen LogP contribution in [0.4, 0.5) is 5.95 Å². The molecule has 1 saturated carbocycles. The Hall–Kier alpha value is -2.37. The van der Waals surface area contributed by atoms with Gasteiger partial charge in [-0.15, -0.1) is 10.2 Å². The van der Waals surface area contributed by atoms with Gasteiger partial charge in [0.05, 0.1) is 6.10 Å². The summed E-state index contributed by atoms with van der Waals surface area (Å²) < 4.78 is 8.01. The molecule has 1 amide bonds. The van der Waals surface area contributed by atoms with Crippen LogP contribution in [0.25, 0.3) is 0 Å². The number of hydrogen-bond donors (Lipinski definition) is 1. The maximum Gasteiger partial charge on any atom is 0.258 e. The van der Waals surface area contributed by atoms with Crippen LogP contribution in [0.1, 0.15) is 61.1 Å². The molecule has 6 nitrogen and oxygen atoms in total. The van der Waals surface area contributed by atoms with Gasteiger partial charge in [-0.25, -0.2) is 0 Å². The summed E-state index contributed by atoms with van der Waals surface area (Å²) in [7, 11) is 0. The van der Waals surface area contributed by atoms with Crippen LogP contribution >= 0.6 is 0 Å². The molecular weight excluding hydrogens is 316 g/mol. The fourth-order valence-corrected chi connectivity index (χ4v) is 3.63. The highest BCUT2D eigenvalue weighted by molar-refractivity contribution is 6.03. The normalized spacial score (nSPS) is 17.8. The molecule has 1 aromatic carbocycles. The quantitative estimate of drug-likeness (QED) is 0.923. The average molecular weight is 340 g/mol. The van der Waals surface area contributed by atoms with Gasteiger partial charge in [-0.2, -0.15) is 0 Å². The van der Waals surface area contributed by atoms with Gasteiger partial charge in [-0.1, -0.05) is 6.42 Å². The van der Waals surface area contributed by atoms with Crippen molar-refractivity contribution in [1.82, 2.24) is 14.8 Å². The second kappa shape index (κ2) is 7.25. The Morgan fingerprint density at radius 1 is 1.04 bits per heavy atom. The maximum atomic E-state index is 12.5. The molecule has 1 aliphatic heterocycles. The van der Waals surface area contributed by atoms with Gasteiger partial charge in [0.25, 0.3) is 5.91 Å². The largest absolute Gasteiger partial charge is 0.490 e. The summed E-state index contributed by atoms with van der Waals surface area (Å²) in [6.07, 6.45) is 9.52. The Morgan fingerprint density at radius 3 is 2.64 bits per heavy atom. The van der Waals surface area contributed by atoms with E-state index in [1.165, 1.54) is 19.3 Å². The topological polar surface area (TPSA) is 69.0 Å². The summed E-state index contributed by atoms with van der Waals surface area (Å²) in [5.74, 6) is 2.17. The third-order valence-corrected chi connectivity index (χ3v) is 5.06. The van der Waals surface area contributed by atoms with Gasteiger partial charge >= 0.3 is 0 Å². The van der Waals surface area contributed by atoms with Crippen LogP contribution in [0.15, 0.2) is 24.3 Å². The second-order valence-electron chi connectivity index (χ2n) is 6.90. The predicted octanol–water partition coefficient (Wildman–Crippen LogP) is 3.58. The summed E-state index contributed by atoms with van der Waals surface area (Å²) in [5, 5.41) is 11.2. The lowest BCUT2D eigenvalue weighted by Gasteiger charge is -2.23. The van der Waals surface area contributed by atoms with Gasteiger partial charge < -0.3 is 4.74 Å². The molecule has 6 heteroatoms. The first-order valence-corrected chi connectivity index (χ1v) is 9.30. The zero-order valence-electron chi connectivity index (χ0n) is 14.4. The minimum Gasteiger partial charge on any atom is -0.490 e. The standard InChI is InChI=1S/C19H24N4O2/c24-18(20-19-22-21-17-8-4-5-13-23(17)19)14-9-11-16(12-10-14)25-15-6-2-1-3-7-15/h9-12,15H,1-8,13H2,(H,20,22,24). The van der Waals surface area contributed by atoms with E-state index in [1.807, 2.05) is 16.7 Å². The lowest BCUT2D eigenvalue weighted by molar-refractivity contribution is 0.102. The van der Waals surface area contributed by atoms with Gasteiger partial charge in [-0.05, 0) is 62.8 Å². The van der Waals surface area contributed by atoms with Crippen molar-refractivity contribution in [2.45, 2.75) is 64.0 Å². The van der Waals surface area contributed by atoms with Crippen molar-refractivity contribution in [2.24, 2.45) is 0 Å². The zero-order chi connectivity index (χ0) is 17.1. The minimum atomic E-state index is -0.162. The summed E-state index contributed by atoms with van der Waals surface area (Å²) >= 11 is 0. The van der Waals surface area contributed by atoms with E-state index in [0.29, 0.717) is 17.6 Å². The molecule has 0 atom stereocenters. The van der Waals surface area contributed by atoms with Crippen molar-refractivity contribution in [1.29, 1.82) is 0 Å². The molecule has 0 spiro atoms. The molecule has 0 bridgehead atoms. The predicted molar refractivity (Wildman–Crippen MR) is 94.9 cm³/mol. The van der Waals surface area contributed by atoms with E-state index in [0.717, 1.165) is 50.2 Å². The number of aryl methyl sites for hydroxylation is 1. The number of carbonyl (C=O) groups is 1. The van der Waals surface area contributed by atoms with Gasteiger partial charge in [0.1, 0.15) is 11.6 Å². The van der Waals surface area contributed by atoms with E-state index in [1.54, 1.807) is 12.1 Å². The Labute approximate surface area is 147 Å². The number of fused-ring (bicyclic) bond motifs is 1. The van der Waals surface area contributed by atoms with E-state index < -0.39 is 0 Å². The van der Waals surface area contributed by atoms with Crippen LogP contribution in [0.2, 0.25) is 0 Å². The van der Waals surface area contributed by atoms with E-state index in [9.17, 15) is 4.79 Å². The van der Waals surface area contributed by atoms with Gasteiger partial charge in [-0.3, -0.25) is 14.7 Å². The second-order valence-corrected chi connectivity index (χ2v) is 6.90. The molecule has 2 heterocycles. The summed E-state index contributed by atoms with van der Waals surface area (Å²) in [6.45, 7) is 0.867. The Kier molecular flexibility index (Phi) is 4.68. The maximum absolute atomic E-state index is 12.5. The molecule has 1 aliphatic carbocycles. The molecule has 25 heavy (non-hydrogen) atoms. The average Bonchev–Trinajstić information content (AvgIpc) is 3.06. The molecule has 0 saturated heterocycles. The first-order valence-electron chi connectivity index (χ1n) is 9.30. The summed E-state index contributed by atoms with van der Waals surface area (Å²) in [6, 6.07) is 7.37. The van der Waals surface area contributed by atoms with Crippen molar-refractivity contribution in [2.75, 3.05) is 5.32 Å². The van der Waals surface area contributed by atoms with Crippen molar-refractivity contribution >= 4 is 11.9 Å². The highest BCUT2D eigenvalue weighted by Gasteiger charge is 2.18. The zero-order valence-corrected chi connectivity index (χ0v) is 14.4. The smallest absolute Gasteiger partial charge is 0.258 e. The van der Waals surface area contributed by atoms with E-state index in [-0.39, 0.29) is 5.91 Å². The van der Waals surface area contributed by atoms with Crippen LogP contribution < -0.4 is 10.1 Å². The Bertz CT molecular complexity index is 732. The number of carbonyl (C=O) groups excluding carboxylic acids is 1. The van der Waals surface area contributed by atoms with Crippen LogP contribution in [0.3, 0.4) is 0 Å². The molecule has 2 aromatic rings. The fourth-order valence-electron chi connectivity index (χ4n) is 3.63. The van der Waals surface area contributed by atoms with Crippen LogP contribution in [-0.4, -0.2) is 26.8 Å². The number of ether oxygens (including phenoxy) is 1. The van der Waals surface area contributed by atoms with Crippen LogP contribution in [-0.2, 0) is 13.0 Å². The highest BCUT2D eigenvalue weighted by Crippen LogP contribution is 2.24. The van der Waals surface area contributed by atoms with Crippen molar-refractivity contribution < 1.29 is 9.53 Å². The first kappa shape index (κ1) is 16.1. The molecule has 1 fully saturated rings. The molecule has 4 rings (SSSR count). The fraction of sp³-hybridized carbons (Fsp3) is 0.526. The highest BCUT2D eigenvalue weighted by atomic mass is 16.5. The van der Waals surface area contributed by atoms with E-state index in [2.05, 4.69) is 15.5 Å². The summed E-state index contributed by atoms with van der Waals surface area (Å²) in [4.78, 5) is 12.5. The molecule has 0 radical (unpaired) electrons. The molecular formula is C19H24N4O2. The number of amides is 1. The van der Waals surface area contributed by atoms with Gasteiger partial charge in [0.2, 0.25) is 5.95 Å². The Balaban J connectivity index is 1.39. The lowest BCUT2D eigenvalue weighted by atomic mass is 9.98. The van der Waals surface area contributed by atoms with Crippen molar-refractivity contribution in [3.8, 4) is 5.75 Å². The van der Waals surface area contributed by atoms with E-state index in [4.69, 9.17) is 4.74 Å². The van der Waals surface area contributed by atoms with Gasteiger partial charge in [0, 0.05) is 18.5 Å². The number of benzene rings is 1. The number of nitrogens with one attached hydrogen (secondary N) is 1. The third kappa shape index (κ3) is 3.67. The molecule has 1 N–H and O–H groups in total. The minimum absolute atomic E-state index is 0.162. The van der Waals surface area contributed by atoms with Crippen molar-refractivity contribution in [3.63, 3.8) is 0 Å². The van der Waals surface area contributed by atoms with Gasteiger partial charge in [0.15, 0.2) is 0 Å². The van der Waals surface area contributed by atoms with E-state index >= 15 is 0 Å². The number of aromatic nitrogens is 3. The monoisotopic (exact) mass is 340 g/mol.